The summed E-state index contributed by atoms with van der Waals surface area (Å²) in [6, 6.07) is 0. The van der Waals surface area contributed by atoms with Crippen LogP contribution in [-0.2, 0) is 0 Å². The molecular formula is C10H16. The van der Waals surface area contributed by atoms with Crippen LogP contribution >= 0.6 is 0 Å². The van der Waals surface area contributed by atoms with Crippen molar-refractivity contribution in [2.45, 2.75) is 25.7 Å². The van der Waals surface area contributed by atoms with Crippen LogP contribution in [0.25, 0.3) is 0 Å². The van der Waals surface area contributed by atoms with Crippen LogP contribution in [0, 0.1) is 0 Å². The normalized spacial score (nSPS) is 8.80. The zero-order valence-electron chi connectivity index (χ0n) is 6.60. The maximum absolute atomic E-state index is 3.93. The van der Waals surface area contributed by atoms with Gasteiger partial charge in [0.05, 0.1) is 0 Å². The van der Waals surface area contributed by atoms with Crippen molar-refractivity contribution in [3.8, 4) is 0 Å². The highest BCUT2D eigenvalue weighted by Crippen LogP contribution is 2.09. The summed E-state index contributed by atoms with van der Waals surface area (Å²) in [5.74, 6) is 0. The first kappa shape index (κ1) is 9.22. The predicted molar refractivity (Wildman–Crippen MR) is 48.0 cm³/mol. The fraction of sp³-hybridized carbons (Fsp3) is 0.400. The summed E-state index contributed by atoms with van der Waals surface area (Å²) < 4.78 is 0. The van der Waals surface area contributed by atoms with Gasteiger partial charge >= 0.3 is 0 Å². The molecule has 0 aliphatic rings. The van der Waals surface area contributed by atoms with Crippen LogP contribution in [-0.4, -0.2) is 0 Å². The zero-order valence-corrected chi connectivity index (χ0v) is 6.60. The lowest BCUT2D eigenvalue weighted by Gasteiger charge is -1.99. The molecule has 0 rings (SSSR count). The van der Waals surface area contributed by atoms with E-state index in [1.54, 1.807) is 0 Å². The van der Waals surface area contributed by atoms with Gasteiger partial charge in [-0.3, -0.25) is 0 Å². The Morgan fingerprint density at radius 2 is 1.40 bits per heavy atom. The fourth-order valence-electron chi connectivity index (χ4n) is 0.737. The SMILES string of the molecule is C=CCCC(=C)CCC=C. The smallest absolute Gasteiger partial charge is 0.0288 e. The lowest BCUT2D eigenvalue weighted by atomic mass is 10.1. The molecule has 0 aromatic heterocycles. The second-order valence-corrected chi connectivity index (χ2v) is 2.40. The Hall–Kier alpha value is -0.780. The van der Waals surface area contributed by atoms with Crippen LogP contribution in [0.4, 0.5) is 0 Å². The van der Waals surface area contributed by atoms with Crippen molar-refractivity contribution >= 4 is 0 Å². The molecule has 0 bridgehead atoms. The Balaban J connectivity index is 3.24. The van der Waals surface area contributed by atoms with Crippen molar-refractivity contribution < 1.29 is 0 Å². The van der Waals surface area contributed by atoms with Gasteiger partial charge in [-0.05, 0) is 25.7 Å². The summed E-state index contributed by atoms with van der Waals surface area (Å²) in [4.78, 5) is 0. The van der Waals surface area contributed by atoms with Gasteiger partial charge in [0.25, 0.3) is 0 Å². The summed E-state index contributed by atoms with van der Waals surface area (Å²) in [5.41, 5.74) is 1.31. The van der Waals surface area contributed by atoms with Crippen molar-refractivity contribution in [1.82, 2.24) is 0 Å². The van der Waals surface area contributed by atoms with Crippen LogP contribution in [0.5, 0.6) is 0 Å². The standard InChI is InChI=1S/C10H16/c1-4-6-8-10(3)9-7-5-2/h4-5H,1-3,6-9H2. The second-order valence-electron chi connectivity index (χ2n) is 2.40. The van der Waals surface area contributed by atoms with Crippen molar-refractivity contribution in [3.05, 3.63) is 37.5 Å². The molecule has 0 unspecified atom stereocenters. The van der Waals surface area contributed by atoms with Gasteiger partial charge in [0, 0.05) is 0 Å². The van der Waals surface area contributed by atoms with Crippen molar-refractivity contribution in [2.24, 2.45) is 0 Å². The summed E-state index contributed by atoms with van der Waals surface area (Å²) in [6.45, 7) is 11.2. The molecule has 0 heterocycles. The van der Waals surface area contributed by atoms with Crippen LogP contribution < -0.4 is 0 Å². The predicted octanol–water partition coefficient (Wildman–Crippen LogP) is 3.48. The topological polar surface area (TPSA) is 0 Å². The molecule has 0 heteroatoms. The van der Waals surface area contributed by atoms with E-state index in [2.05, 4.69) is 19.7 Å². The van der Waals surface area contributed by atoms with Gasteiger partial charge in [-0.2, -0.15) is 0 Å². The highest BCUT2D eigenvalue weighted by atomic mass is 14.0. The summed E-state index contributed by atoms with van der Waals surface area (Å²) in [7, 11) is 0. The quantitative estimate of drug-likeness (QED) is 0.490. The molecule has 0 amide bonds. The molecular weight excluding hydrogens is 120 g/mol. The van der Waals surface area contributed by atoms with Gasteiger partial charge in [0.1, 0.15) is 0 Å². The van der Waals surface area contributed by atoms with Crippen molar-refractivity contribution in [2.75, 3.05) is 0 Å². The molecule has 56 valence electrons. The molecule has 0 nitrogen and oxygen atoms in total. The average Bonchev–Trinajstić information content (AvgIpc) is 1.97. The molecule has 0 saturated carbocycles. The fourth-order valence-corrected chi connectivity index (χ4v) is 0.737. The minimum absolute atomic E-state index is 1.05. The number of hydrogen-bond donors (Lipinski definition) is 0. The first-order valence-electron chi connectivity index (χ1n) is 3.69. The maximum atomic E-state index is 3.93. The van der Waals surface area contributed by atoms with Gasteiger partial charge in [-0.15, -0.1) is 13.2 Å². The number of rotatable bonds is 6. The first-order chi connectivity index (χ1) is 4.81. The Morgan fingerprint density at radius 3 is 1.70 bits per heavy atom. The monoisotopic (exact) mass is 136 g/mol. The molecule has 0 fully saturated rings. The van der Waals surface area contributed by atoms with Crippen LogP contribution in [0.1, 0.15) is 25.7 Å². The molecule has 0 N–H and O–H groups in total. The molecule has 0 spiro atoms. The van der Waals surface area contributed by atoms with E-state index in [4.69, 9.17) is 0 Å². The Bertz CT molecular complexity index is 106. The molecule has 0 aliphatic heterocycles. The molecule has 0 aliphatic carbocycles. The minimum atomic E-state index is 1.05. The number of hydrogen-bond acceptors (Lipinski definition) is 0. The summed E-state index contributed by atoms with van der Waals surface area (Å²) in [6.07, 6.45) is 8.12. The minimum Gasteiger partial charge on any atom is -0.103 e. The summed E-state index contributed by atoms with van der Waals surface area (Å²) in [5, 5.41) is 0. The van der Waals surface area contributed by atoms with Gasteiger partial charge in [0.2, 0.25) is 0 Å². The summed E-state index contributed by atoms with van der Waals surface area (Å²) >= 11 is 0. The second kappa shape index (κ2) is 6.34. The first-order valence-corrected chi connectivity index (χ1v) is 3.69. The lowest BCUT2D eigenvalue weighted by Crippen LogP contribution is -1.79. The van der Waals surface area contributed by atoms with Crippen LogP contribution in [0.3, 0.4) is 0 Å². The van der Waals surface area contributed by atoms with E-state index in [1.807, 2.05) is 12.2 Å². The maximum Gasteiger partial charge on any atom is -0.0288 e. The third-order valence-electron chi connectivity index (χ3n) is 1.40. The van der Waals surface area contributed by atoms with E-state index in [1.165, 1.54) is 5.57 Å². The Labute approximate surface area is 64.0 Å². The number of allylic oxidation sites excluding steroid dienone is 3. The Kier molecular flexibility index (Phi) is 5.85. The molecule has 0 radical (unpaired) electrons. The largest absolute Gasteiger partial charge is 0.103 e. The van der Waals surface area contributed by atoms with Gasteiger partial charge < -0.3 is 0 Å². The molecule has 0 aromatic carbocycles. The van der Waals surface area contributed by atoms with E-state index < -0.39 is 0 Å². The highest BCUT2D eigenvalue weighted by Gasteiger charge is 1.89. The van der Waals surface area contributed by atoms with Crippen LogP contribution in [0.2, 0.25) is 0 Å². The average molecular weight is 136 g/mol. The third kappa shape index (κ3) is 5.36. The van der Waals surface area contributed by atoms with Gasteiger partial charge in [0.15, 0.2) is 0 Å². The van der Waals surface area contributed by atoms with Crippen molar-refractivity contribution in [3.63, 3.8) is 0 Å². The Morgan fingerprint density at radius 1 is 1.00 bits per heavy atom. The molecule has 0 aromatic rings. The van der Waals surface area contributed by atoms with Crippen LogP contribution in [0.15, 0.2) is 37.5 Å². The van der Waals surface area contributed by atoms with E-state index in [0.29, 0.717) is 0 Å². The lowest BCUT2D eigenvalue weighted by molar-refractivity contribution is 0.872. The highest BCUT2D eigenvalue weighted by molar-refractivity contribution is 4.97. The van der Waals surface area contributed by atoms with E-state index in [0.717, 1.165) is 25.7 Å². The van der Waals surface area contributed by atoms with Crippen molar-refractivity contribution in [1.29, 1.82) is 0 Å². The van der Waals surface area contributed by atoms with E-state index >= 15 is 0 Å². The molecule has 10 heavy (non-hydrogen) atoms. The van der Waals surface area contributed by atoms with Gasteiger partial charge in [-0.1, -0.05) is 24.3 Å². The third-order valence-corrected chi connectivity index (χ3v) is 1.40. The zero-order chi connectivity index (χ0) is 7.82. The molecule has 0 atom stereocenters. The van der Waals surface area contributed by atoms with Gasteiger partial charge in [-0.25, -0.2) is 0 Å². The molecule has 0 saturated heterocycles. The van der Waals surface area contributed by atoms with E-state index in [9.17, 15) is 0 Å². The van der Waals surface area contributed by atoms with E-state index in [-0.39, 0.29) is 0 Å².